The van der Waals surface area contributed by atoms with Crippen molar-refractivity contribution in [3.05, 3.63) is 30.3 Å². The number of para-hydroxylation sites is 1. The molecule has 1 nitrogen and oxygen atoms in total. The third-order valence-corrected chi connectivity index (χ3v) is 2.00. The Balaban J connectivity index is 2.43. The molecule has 10 heavy (non-hydrogen) atoms. The van der Waals surface area contributed by atoms with E-state index in [0.29, 0.717) is 0 Å². The lowest BCUT2D eigenvalue weighted by Gasteiger charge is -2.00. The van der Waals surface area contributed by atoms with E-state index < -0.39 is 0 Å². The van der Waals surface area contributed by atoms with Crippen molar-refractivity contribution in [1.29, 1.82) is 0 Å². The summed E-state index contributed by atoms with van der Waals surface area (Å²) < 4.78 is 0. The van der Waals surface area contributed by atoms with E-state index in [9.17, 15) is 0 Å². The molecule has 0 aliphatic rings. The van der Waals surface area contributed by atoms with Gasteiger partial charge in [0.05, 0.1) is 0 Å². The molecule has 52 valence electrons. The lowest BCUT2D eigenvalue weighted by atomic mass is 10.3. The van der Waals surface area contributed by atoms with Crippen LogP contribution < -0.4 is 4.98 Å². The fourth-order valence-corrected chi connectivity index (χ4v) is 1.26. The van der Waals surface area contributed by atoms with Gasteiger partial charge in [-0.1, -0.05) is 25.1 Å². The second-order valence-corrected chi connectivity index (χ2v) is 3.33. The molecule has 0 aliphatic heterocycles. The molecule has 0 spiro atoms. The minimum Gasteiger partial charge on any atom is -0.411 e. The Morgan fingerprint density at radius 2 is 2.00 bits per heavy atom. The summed E-state index contributed by atoms with van der Waals surface area (Å²) in [5, 5.41) is 0. The van der Waals surface area contributed by atoms with Crippen LogP contribution in [0.15, 0.2) is 30.3 Å². The Labute approximate surface area is 64.4 Å². The molecule has 2 heteroatoms. The normalized spacial score (nSPS) is 9.30. The zero-order valence-electron chi connectivity index (χ0n) is 6.09. The maximum absolute atomic E-state index is 3.32. The topological polar surface area (TPSA) is 12.0 Å². The highest BCUT2D eigenvalue weighted by molar-refractivity contribution is 6.40. The SMILES string of the molecule is CC[Si]Nc1ccccc1. The fourth-order valence-electron chi connectivity index (χ4n) is 0.712. The zero-order valence-corrected chi connectivity index (χ0v) is 7.09. The molecular weight excluding hydrogens is 138 g/mol. The molecule has 0 aliphatic carbocycles. The summed E-state index contributed by atoms with van der Waals surface area (Å²) in [4.78, 5) is 3.32. The van der Waals surface area contributed by atoms with E-state index in [1.807, 2.05) is 18.2 Å². The minimum absolute atomic E-state index is 0.842. The van der Waals surface area contributed by atoms with E-state index in [1.54, 1.807) is 0 Å². The van der Waals surface area contributed by atoms with E-state index in [-0.39, 0.29) is 0 Å². The van der Waals surface area contributed by atoms with Gasteiger partial charge >= 0.3 is 0 Å². The third kappa shape index (κ3) is 2.23. The van der Waals surface area contributed by atoms with Gasteiger partial charge in [0, 0.05) is 5.69 Å². The predicted molar refractivity (Wildman–Crippen MR) is 46.3 cm³/mol. The average molecular weight is 149 g/mol. The molecule has 0 amide bonds. The molecule has 0 heterocycles. The van der Waals surface area contributed by atoms with Crippen molar-refractivity contribution >= 4 is 15.4 Å². The number of hydrogen-bond acceptors (Lipinski definition) is 1. The minimum atomic E-state index is 0.842. The molecule has 0 saturated carbocycles. The van der Waals surface area contributed by atoms with Crippen molar-refractivity contribution < 1.29 is 0 Å². The first-order valence-electron chi connectivity index (χ1n) is 3.47. The van der Waals surface area contributed by atoms with Crippen molar-refractivity contribution in [3.8, 4) is 0 Å². The van der Waals surface area contributed by atoms with E-state index in [2.05, 4.69) is 24.0 Å². The van der Waals surface area contributed by atoms with Crippen LogP contribution in [-0.4, -0.2) is 9.68 Å². The molecule has 0 atom stereocenters. The van der Waals surface area contributed by atoms with Crippen LogP contribution in [0.5, 0.6) is 0 Å². The quantitative estimate of drug-likeness (QED) is 0.649. The molecule has 1 aromatic rings. The molecule has 0 bridgehead atoms. The van der Waals surface area contributed by atoms with Crippen molar-refractivity contribution in [2.45, 2.75) is 13.0 Å². The molecule has 0 saturated heterocycles. The maximum Gasteiger partial charge on any atom is 0.177 e. The second kappa shape index (κ2) is 4.12. The largest absolute Gasteiger partial charge is 0.411 e. The highest BCUT2D eigenvalue weighted by Gasteiger charge is 1.86. The Hall–Kier alpha value is -0.763. The summed E-state index contributed by atoms with van der Waals surface area (Å²) in [5.74, 6) is 0. The first-order valence-corrected chi connectivity index (χ1v) is 4.68. The van der Waals surface area contributed by atoms with E-state index in [4.69, 9.17) is 0 Å². The first kappa shape index (κ1) is 7.35. The van der Waals surface area contributed by atoms with Gasteiger partial charge in [0.1, 0.15) is 0 Å². The summed E-state index contributed by atoms with van der Waals surface area (Å²) in [6.07, 6.45) is 0. The van der Waals surface area contributed by atoms with Crippen LogP contribution >= 0.6 is 0 Å². The molecule has 1 N–H and O–H groups in total. The van der Waals surface area contributed by atoms with Gasteiger partial charge in [-0.3, -0.25) is 0 Å². The van der Waals surface area contributed by atoms with E-state index in [0.717, 1.165) is 9.68 Å². The highest BCUT2D eigenvalue weighted by Crippen LogP contribution is 2.03. The average Bonchev–Trinajstić information content (AvgIpc) is 2.03. The monoisotopic (exact) mass is 149 g/mol. The Bertz CT molecular complexity index is 174. The van der Waals surface area contributed by atoms with Crippen LogP contribution in [0.2, 0.25) is 6.04 Å². The second-order valence-electron chi connectivity index (χ2n) is 2.02. The van der Waals surface area contributed by atoms with Crippen LogP contribution in [0.3, 0.4) is 0 Å². The maximum atomic E-state index is 3.32. The van der Waals surface area contributed by atoms with Crippen molar-refractivity contribution in [2.24, 2.45) is 0 Å². The highest BCUT2D eigenvalue weighted by atomic mass is 28.2. The summed E-state index contributed by atoms with van der Waals surface area (Å²) in [6.45, 7) is 2.17. The molecule has 0 fully saturated rings. The van der Waals surface area contributed by atoms with Crippen LogP contribution in [-0.2, 0) is 0 Å². The van der Waals surface area contributed by atoms with Gasteiger partial charge in [-0.05, 0) is 18.2 Å². The van der Waals surface area contributed by atoms with E-state index >= 15 is 0 Å². The van der Waals surface area contributed by atoms with Gasteiger partial charge in [-0.25, -0.2) is 0 Å². The number of rotatable bonds is 3. The third-order valence-electron chi connectivity index (χ3n) is 1.18. The van der Waals surface area contributed by atoms with Crippen LogP contribution in [0.1, 0.15) is 6.92 Å². The first-order chi connectivity index (χ1) is 4.93. The van der Waals surface area contributed by atoms with Gasteiger partial charge in [-0.2, -0.15) is 0 Å². The van der Waals surface area contributed by atoms with Gasteiger partial charge in [0.15, 0.2) is 9.68 Å². The lowest BCUT2D eigenvalue weighted by Crippen LogP contribution is -2.02. The van der Waals surface area contributed by atoms with Crippen LogP contribution in [0.4, 0.5) is 5.69 Å². The van der Waals surface area contributed by atoms with Gasteiger partial charge in [-0.15, -0.1) is 0 Å². The molecule has 0 unspecified atom stereocenters. The number of nitrogens with one attached hydrogen (secondary N) is 1. The van der Waals surface area contributed by atoms with Gasteiger partial charge in [0.25, 0.3) is 0 Å². The summed E-state index contributed by atoms with van der Waals surface area (Å²) >= 11 is 0. The molecular formula is C8H11NSi. The van der Waals surface area contributed by atoms with Crippen LogP contribution in [0.25, 0.3) is 0 Å². The number of hydrogen-bond donors (Lipinski definition) is 1. The standard InChI is InChI=1S/C8H11NSi/c1-2-10-9-8-6-4-3-5-7-8/h3-7,9H,2H2,1H3. The Morgan fingerprint density at radius 1 is 1.30 bits per heavy atom. The number of anilines is 1. The van der Waals surface area contributed by atoms with Gasteiger partial charge < -0.3 is 4.98 Å². The molecule has 0 aromatic heterocycles. The molecule has 1 rings (SSSR count). The van der Waals surface area contributed by atoms with Crippen molar-refractivity contribution in [3.63, 3.8) is 0 Å². The number of benzene rings is 1. The van der Waals surface area contributed by atoms with Crippen LogP contribution in [0, 0.1) is 0 Å². The van der Waals surface area contributed by atoms with Crippen molar-refractivity contribution in [1.82, 2.24) is 0 Å². The smallest absolute Gasteiger partial charge is 0.177 e. The summed E-state index contributed by atoms with van der Waals surface area (Å²) in [7, 11) is 0.842. The fraction of sp³-hybridized carbons (Fsp3) is 0.250. The summed E-state index contributed by atoms with van der Waals surface area (Å²) in [5.41, 5.74) is 1.22. The molecule has 1 aromatic carbocycles. The zero-order chi connectivity index (χ0) is 7.23. The van der Waals surface area contributed by atoms with Gasteiger partial charge in [0.2, 0.25) is 0 Å². The Morgan fingerprint density at radius 3 is 2.60 bits per heavy atom. The Kier molecular flexibility index (Phi) is 3.02. The van der Waals surface area contributed by atoms with Crippen molar-refractivity contribution in [2.75, 3.05) is 4.98 Å². The lowest BCUT2D eigenvalue weighted by molar-refractivity contribution is 1.44. The van der Waals surface area contributed by atoms with E-state index in [1.165, 1.54) is 11.7 Å². The predicted octanol–water partition coefficient (Wildman–Crippen LogP) is 2.16. The summed E-state index contributed by atoms with van der Waals surface area (Å²) in [6, 6.07) is 11.5. The molecule has 2 radical (unpaired) electrons.